The van der Waals surface area contributed by atoms with Gasteiger partial charge in [-0.15, -0.1) is 0 Å². The number of hydrogen-bond donors (Lipinski definition) is 2. The Hall–Kier alpha value is -0.880. The Morgan fingerprint density at radius 1 is 1.56 bits per heavy atom. The number of urea groups is 1. The Balaban J connectivity index is 2.57. The maximum atomic E-state index is 11.9. The Morgan fingerprint density at radius 3 is 2.56 bits per heavy atom. The van der Waals surface area contributed by atoms with Crippen LogP contribution in [0.25, 0.3) is 0 Å². The van der Waals surface area contributed by atoms with E-state index >= 15 is 0 Å². The first kappa shape index (κ1) is 13.2. The predicted octanol–water partition coefficient (Wildman–Crippen LogP) is 0.483. The summed E-state index contributed by atoms with van der Waals surface area (Å²) in [7, 11) is 0. The van der Waals surface area contributed by atoms with Crippen LogP contribution >= 0.6 is 12.2 Å². The van der Waals surface area contributed by atoms with Gasteiger partial charge < -0.3 is 20.7 Å². The second-order valence-corrected chi connectivity index (χ2v) is 4.52. The van der Waals surface area contributed by atoms with E-state index in [9.17, 15) is 4.79 Å². The van der Waals surface area contributed by atoms with Crippen molar-refractivity contribution in [3.8, 4) is 0 Å². The SMILES string of the molecule is CCC(C)(NC(=O)N1CCOCC1)C(N)=S. The van der Waals surface area contributed by atoms with Crippen molar-refractivity contribution in [2.24, 2.45) is 5.73 Å². The molecule has 1 unspecified atom stereocenters. The largest absolute Gasteiger partial charge is 0.391 e. The molecule has 0 spiro atoms. The number of nitrogens with zero attached hydrogens (tertiary/aromatic N) is 1. The van der Waals surface area contributed by atoms with E-state index < -0.39 is 5.54 Å². The lowest BCUT2D eigenvalue weighted by molar-refractivity contribution is 0.0520. The minimum absolute atomic E-state index is 0.125. The van der Waals surface area contributed by atoms with E-state index in [1.165, 1.54) is 0 Å². The molecule has 0 aliphatic carbocycles. The van der Waals surface area contributed by atoms with E-state index in [0.29, 0.717) is 37.7 Å². The number of nitrogens with one attached hydrogen (secondary N) is 1. The highest BCUT2D eigenvalue weighted by molar-refractivity contribution is 7.80. The number of amides is 2. The fourth-order valence-electron chi connectivity index (χ4n) is 1.41. The average molecular weight is 245 g/mol. The minimum atomic E-state index is -0.606. The van der Waals surface area contributed by atoms with E-state index in [2.05, 4.69) is 5.32 Å². The summed E-state index contributed by atoms with van der Waals surface area (Å²) in [5, 5.41) is 2.88. The summed E-state index contributed by atoms with van der Waals surface area (Å²) >= 11 is 4.97. The van der Waals surface area contributed by atoms with Crippen LogP contribution < -0.4 is 11.1 Å². The zero-order valence-corrected chi connectivity index (χ0v) is 10.6. The van der Waals surface area contributed by atoms with Gasteiger partial charge in [-0.1, -0.05) is 19.1 Å². The zero-order chi connectivity index (χ0) is 12.2. The Morgan fingerprint density at radius 2 is 2.12 bits per heavy atom. The summed E-state index contributed by atoms with van der Waals surface area (Å²) in [5.74, 6) is 0. The number of carbonyl (C=O) groups is 1. The monoisotopic (exact) mass is 245 g/mol. The standard InChI is InChI=1S/C10H19N3O2S/c1-3-10(2,8(11)16)12-9(14)13-4-6-15-7-5-13/h3-7H2,1-2H3,(H2,11,16)(H,12,14). The molecule has 3 N–H and O–H groups in total. The van der Waals surface area contributed by atoms with Crippen LogP contribution in [-0.2, 0) is 4.74 Å². The maximum Gasteiger partial charge on any atom is 0.318 e. The predicted molar refractivity (Wildman–Crippen MR) is 66.4 cm³/mol. The molecule has 92 valence electrons. The average Bonchev–Trinajstić information content (AvgIpc) is 2.29. The van der Waals surface area contributed by atoms with Crippen LogP contribution in [0.3, 0.4) is 0 Å². The molecule has 5 nitrogen and oxygen atoms in total. The highest BCUT2D eigenvalue weighted by Gasteiger charge is 2.30. The molecular weight excluding hydrogens is 226 g/mol. The molecule has 1 saturated heterocycles. The number of morpholine rings is 1. The van der Waals surface area contributed by atoms with E-state index in [1.54, 1.807) is 4.90 Å². The minimum Gasteiger partial charge on any atom is -0.391 e. The third-order valence-electron chi connectivity index (χ3n) is 2.93. The van der Waals surface area contributed by atoms with Gasteiger partial charge in [0.1, 0.15) is 0 Å². The van der Waals surface area contributed by atoms with Gasteiger partial charge in [0.2, 0.25) is 0 Å². The van der Waals surface area contributed by atoms with Gasteiger partial charge in [-0.25, -0.2) is 4.79 Å². The molecule has 16 heavy (non-hydrogen) atoms. The quantitative estimate of drug-likeness (QED) is 0.710. The number of nitrogens with two attached hydrogens (primary N) is 1. The second-order valence-electron chi connectivity index (χ2n) is 4.08. The normalized spacial score (nSPS) is 20.0. The van der Waals surface area contributed by atoms with Gasteiger partial charge >= 0.3 is 6.03 Å². The van der Waals surface area contributed by atoms with Crippen molar-refractivity contribution in [2.45, 2.75) is 25.8 Å². The first-order valence-electron chi connectivity index (χ1n) is 5.44. The molecule has 0 aromatic carbocycles. The van der Waals surface area contributed by atoms with Crippen LogP contribution in [0.4, 0.5) is 4.79 Å². The number of thiocarbonyl (C=S) groups is 1. The first-order chi connectivity index (χ1) is 7.49. The van der Waals surface area contributed by atoms with E-state index in [0.717, 1.165) is 0 Å². The Kier molecular flexibility index (Phi) is 4.49. The molecule has 0 bridgehead atoms. The Labute approximate surface area is 101 Å². The molecule has 1 atom stereocenters. The molecule has 1 aliphatic rings. The van der Waals surface area contributed by atoms with Crippen molar-refractivity contribution in [3.05, 3.63) is 0 Å². The van der Waals surface area contributed by atoms with Crippen LogP contribution in [-0.4, -0.2) is 47.8 Å². The van der Waals surface area contributed by atoms with Crippen molar-refractivity contribution < 1.29 is 9.53 Å². The Bertz CT molecular complexity index is 279. The van der Waals surface area contributed by atoms with Gasteiger partial charge in [0.05, 0.1) is 23.7 Å². The van der Waals surface area contributed by atoms with Gasteiger partial charge in [-0.05, 0) is 13.3 Å². The lowest BCUT2D eigenvalue weighted by Gasteiger charge is -2.33. The third-order valence-corrected chi connectivity index (χ3v) is 3.38. The van der Waals surface area contributed by atoms with Crippen LogP contribution in [0.15, 0.2) is 0 Å². The highest BCUT2D eigenvalue weighted by Crippen LogP contribution is 2.10. The number of ether oxygens (including phenoxy) is 1. The zero-order valence-electron chi connectivity index (χ0n) is 9.78. The number of hydrogen-bond acceptors (Lipinski definition) is 3. The molecule has 1 fully saturated rings. The fraction of sp³-hybridized carbons (Fsp3) is 0.800. The fourth-order valence-corrected chi connectivity index (χ4v) is 1.60. The second kappa shape index (κ2) is 5.45. The summed E-state index contributed by atoms with van der Waals surface area (Å²) in [4.78, 5) is 14.0. The van der Waals surface area contributed by atoms with E-state index in [4.69, 9.17) is 22.7 Å². The summed E-state index contributed by atoms with van der Waals surface area (Å²) in [6, 6.07) is -0.125. The molecule has 0 aromatic heterocycles. The van der Waals surface area contributed by atoms with Gasteiger partial charge in [0.15, 0.2) is 0 Å². The van der Waals surface area contributed by atoms with Gasteiger partial charge in [-0.3, -0.25) is 0 Å². The summed E-state index contributed by atoms with van der Waals surface area (Å²) < 4.78 is 5.18. The maximum absolute atomic E-state index is 11.9. The van der Waals surface area contributed by atoms with Crippen molar-refractivity contribution in [3.63, 3.8) is 0 Å². The van der Waals surface area contributed by atoms with Crippen molar-refractivity contribution in [1.29, 1.82) is 0 Å². The molecule has 1 rings (SSSR count). The smallest absolute Gasteiger partial charge is 0.318 e. The highest BCUT2D eigenvalue weighted by atomic mass is 32.1. The third kappa shape index (κ3) is 3.05. The molecular formula is C10H19N3O2S. The lowest BCUT2D eigenvalue weighted by Crippen LogP contribution is -2.58. The molecule has 1 heterocycles. The molecule has 0 saturated carbocycles. The topological polar surface area (TPSA) is 67.6 Å². The molecule has 0 aromatic rings. The molecule has 0 radical (unpaired) electrons. The van der Waals surface area contributed by atoms with Crippen LogP contribution in [0.5, 0.6) is 0 Å². The summed E-state index contributed by atoms with van der Waals surface area (Å²) in [6.45, 7) is 6.19. The molecule has 2 amide bonds. The summed E-state index contributed by atoms with van der Waals surface area (Å²) in [5.41, 5.74) is 5.03. The number of carbonyl (C=O) groups excluding carboxylic acids is 1. The lowest BCUT2D eigenvalue weighted by atomic mass is 9.99. The van der Waals surface area contributed by atoms with Crippen LogP contribution in [0, 0.1) is 0 Å². The van der Waals surface area contributed by atoms with Crippen LogP contribution in [0.1, 0.15) is 20.3 Å². The van der Waals surface area contributed by atoms with E-state index in [-0.39, 0.29) is 6.03 Å². The van der Waals surface area contributed by atoms with Gasteiger partial charge in [0.25, 0.3) is 0 Å². The van der Waals surface area contributed by atoms with Crippen molar-refractivity contribution >= 4 is 23.2 Å². The number of rotatable bonds is 3. The van der Waals surface area contributed by atoms with Gasteiger partial charge in [0, 0.05) is 13.1 Å². The van der Waals surface area contributed by atoms with Crippen molar-refractivity contribution in [1.82, 2.24) is 10.2 Å². The summed E-state index contributed by atoms with van der Waals surface area (Å²) in [6.07, 6.45) is 0.679. The molecule has 6 heteroatoms. The van der Waals surface area contributed by atoms with Gasteiger partial charge in [-0.2, -0.15) is 0 Å². The van der Waals surface area contributed by atoms with E-state index in [1.807, 2.05) is 13.8 Å². The first-order valence-corrected chi connectivity index (χ1v) is 5.85. The van der Waals surface area contributed by atoms with Crippen LogP contribution in [0.2, 0.25) is 0 Å². The molecule has 1 aliphatic heterocycles. The van der Waals surface area contributed by atoms with Crippen molar-refractivity contribution in [2.75, 3.05) is 26.3 Å².